The number of aryl methyl sites for hydroxylation is 2. The summed E-state index contributed by atoms with van der Waals surface area (Å²) in [4.78, 5) is 37.6. The van der Waals surface area contributed by atoms with Crippen LogP contribution in [-0.4, -0.2) is 38.5 Å². The molecule has 0 spiro atoms. The van der Waals surface area contributed by atoms with E-state index in [1.54, 1.807) is 38.1 Å². The predicted molar refractivity (Wildman–Crippen MR) is 135 cm³/mol. The van der Waals surface area contributed by atoms with Crippen molar-refractivity contribution in [2.45, 2.75) is 26.8 Å². The normalized spacial score (nSPS) is 15.9. The van der Waals surface area contributed by atoms with Crippen molar-refractivity contribution in [3.05, 3.63) is 74.9 Å². The van der Waals surface area contributed by atoms with Gasteiger partial charge in [-0.3, -0.25) is 14.5 Å². The molecule has 10 heteroatoms. The number of aromatic nitrogens is 2. The van der Waals surface area contributed by atoms with Gasteiger partial charge in [0.25, 0.3) is 5.91 Å². The summed E-state index contributed by atoms with van der Waals surface area (Å²) in [5, 5.41) is 22.1. The van der Waals surface area contributed by atoms with Gasteiger partial charge in [-0.15, -0.1) is 11.3 Å². The van der Waals surface area contributed by atoms with Crippen molar-refractivity contribution >= 4 is 49.7 Å². The molecule has 1 atom stereocenters. The lowest BCUT2D eigenvalue weighted by Gasteiger charge is -2.24. The number of thiazole rings is 2. The SMILES string of the molecule is CCOc1ccc2nc(N3C(=O)C(O)=C(C(=O)c4sc(C)nc4C)C3c3cccc(O)c3)sc2c1. The maximum absolute atomic E-state index is 13.6. The molecule has 3 heterocycles. The van der Waals surface area contributed by atoms with Gasteiger partial charge >= 0.3 is 0 Å². The van der Waals surface area contributed by atoms with Crippen molar-refractivity contribution in [2.24, 2.45) is 0 Å². The highest BCUT2D eigenvalue weighted by molar-refractivity contribution is 7.22. The second-order valence-electron chi connectivity index (χ2n) is 7.97. The molecule has 0 radical (unpaired) electrons. The number of nitrogens with zero attached hydrogens (tertiary/aromatic N) is 3. The number of ketones is 1. The number of benzene rings is 2. The Bertz CT molecular complexity index is 1520. The molecule has 4 aromatic rings. The first-order valence-electron chi connectivity index (χ1n) is 10.9. The molecule has 2 aromatic heterocycles. The van der Waals surface area contributed by atoms with E-state index in [9.17, 15) is 19.8 Å². The number of hydrogen-bond donors (Lipinski definition) is 2. The number of Topliss-reactive ketones (excluding diaryl/α,β-unsaturated/α-hetero) is 1. The topological polar surface area (TPSA) is 113 Å². The third-order valence-corrected chi connectivity index (χ3v) is 7.70. The first-order valence-corrected chi connectivity index (χ1v) is 12.5. The number of aromatic hydroxyl groups is 1. The number of rotatable bonds is 6. The van der Waals surface area contributed by atoms with Gasteiger partial charge in [0, 0.05) is 0 Å². The molecule has 2 N–H and O–H groups in total. The molecule has 35 heavy (non-hydrogen) atoms. The number of hydrogen-bond acceptors (Lipinski definition) is 9. The Kier molecular flexibility index (Phi) is 5.78. The van der Waals surface area contributed by atoms with E-state index in [1.165, 1.54) is 39.7 Å². The maximum Gasteiger partial charge on any atom is 0.296 e. The zero-order valence-electron chi connectivity index (χ0n) is 19.1. The van der Waals surface area contributed by atoms with Gasteiger partial charge < -0.3 is 14.9 Å². The van der Waals surface area contributed by atoms with Crippen LogP contribution in [0.25, 0.3) is 10.2 Å². The van der Waals surface area contributed by atoms with E-state index in [-0.39, 0.29) is 11.3 Å². The van der Waals surface area contributed by atoms with Crippen LogP contribution in [0.1, 0.15) is 38.9 Å². The number of carbonyl (C=O) groups excluding carboxylic acids is 2. The van der Waals surface area contributed by atoms with Gasteiger partial charge in [-0.1, -0.05) is 23.5 Å². The molecule has 1 aliphatic rings. The van der Waals surface area contributed by atoms with Crippen LogP contribution in [0, 0.1) is 13.8 Å². The highest BCUT2D eigenvalue weighted by Crippen LogP contribution is 2.45. The van der Waals surface area contributed by atoms with Crippen LogP contribution in [0.3, 0.4) is 0 Å². The average molecular weight is 508 g/mol. The van der Waals surface area contributed by atoms with E-state index in [0.717, 1.165) is 4.70 Å². The Morgan fingerprint density at radius 3 is 2.60 bits per heavy atom. The number of ether oxygens (including phenoxy) is 1. The third-order valence-electron chi connectivity index (χ3n) is 5.61. The summed E-state index contributed by atoms with van der Waals surface area (Å²) in [5.41, 5.74) is 1.59. The highest BCUT2D eigenvalue weighted by Gasteiger charge is 2.46. The van der Waals surface area contributed by atoms with Gasteiger partial charge in [-0.2, -0.15) is 0 Å². The van der Waals surface area contributed by atoms with E-state index >= 15 is 0 Å². The first kappa shape index (κ1) is 23.0. The fraction of sp³-hybridized carbons (Fsp3) is 0.200. The molecule has 5 rings (SSSR count). The smallest absolute Gasteiger partial charge is 0.296 e. The number of carbonyl (C=O) groups is 2. The largest absolute Gasteiger partial charge is 0.508 e. The zero-order valence-corrected chi connectivity index (χ0v) is 20.7. The molecule has 178 valence electrons. The summed E-state index contributed by atoms with van der Waals surface area (Å²) >= 11 is 2.46. The lowest BCUT2D eigenvalue weighted by Crippen LogP contribution is -2.30. The minimum atomic E-state index is -0.976. The maximum atomic E-state index is 13.6. The Hall–Kier alpha value is -3.76. The molecule has 0 fully saturated rings. The van der Waals surface area contributed by atoms with Gasteiger partial charge in [0.15, 0.2) is 10.9 Å². The summed E-state index contributed by atoms with van der Waals surface area (Å²) in [5.74, 6) is -1.19. The summed E-state index contributed by atoms with van der Waals surface area (Å²) in [7, 11) is 0. The van der Waals surface area contributed by atoms with Crippen molar-refractivity contribution in [2.75, 3.05) is 11.5 Å². The molecule has 1 unspecified atom stereocenters. The average Bonchev–Trinajstić information content (AvgIpc) is 3.46. The van der Waals surface area contributed by atoms with Crippen LogP contribution in [0.4, 0.5) is 5.13 Å². The van der Waals surface area contributed by atoms with E-state index < -0.39 is 23.5 Å². The van der Waals surface area contributed by atoms with Crippen molar-refractivity contribution in [3.8, 4) is 11.5 Å². The standard InChI is InChI=1S/C25H21N3O5S2/c1-4-33-16-8-9-17-18(11-16)35-25(27-17)28-20(14-6-5-7-15(29)10-14)19(22(31)24(28)32)21(30)23-12(2)26-13(3)34-23/h5-11,20,29,31H,4H2,1-3H3. The second kappa shape index (κ2) is 8.79. The van der Waals surface area contributed by atoms with Gasteiger partial charge in [0.2, 0.25) is 5.78 Å². The van der Waals surface area contributed by atoms with Crippen molar-refractivity contribution < 1.29 is 24.5 Å². The Morgan fingerprint density at radius 2 is 1.91 bits per heavy atom. The molecule has 1 aliphatic heterocycles. The quantitative estimate of drug-likeness (QED) is 0.342. The molecule has 8 nitrogen and oxygen atoms in total. The minimum Gasteiger partial charge on any atom is -0.508 e. The number of anilines is 1. The van der Waals surface area contributed by atoms with Crippen LogP contribution in [-0.2, 0) is 4.79 Å². The Labute approximate surface area is 208 Å². The van der Waals surface area contributed by atoms with E-state index in [2.05, 4.69) is 9.97 Å². The summed E-state index contributed by atoms with van der Waals surface area (Å²) in [6.07, 6.45) is 0. The van der Waals surface area contributed by atoms with E-state index in [4.69, 9.17) is 4.74 Å². The number of aliphatic hydroxyl groups excluding tert-OH is 1. The van der Waals surface area contributed by atoms with Gasteiger partial charge in [0.05, 0.1) is 44.0 Å². The summed E-state index contributed by atoms with van der Waals surface area (Å²) in [6.45, 7) is 5.92. The van der Waals surface area contributed by atoms with Crippen LogP contribution in [0.15, 0.2) is 53.8 Å². The number of fused-ring (bicyclic) bond motifs is 1. The number of phenols is 1. The first-order chi connectivity index (χ1) is 16.8. The number of aliphatic hydroxyl groups is 1. The van der Waals surface area contributed by atoms with E-state index in [0.29, 0.717) is 44.1 Å². The molecule has 1 amide bonds. The third kappa shape index (κ3) is 3.94. The van der Waals surface area contributed by atoms with Crippen LogP contribution in [0.2, 0.25) is 0 Å². The van der Waals surface area contributed by atoms with Crippen LogP contribution in [0.5, 0.6) is 11.5 Å². The molecule has 2 aromatic carbocycles. The van der Waals surface area contributed by atoms with Gasteiger partial charge in [-0.25, -0.2) is 9.97 Å². The number of phenolic OH excluding ortho intramolecular Hbond substituents is 1. The zero-order chi connectivity index (χ0) is 24.9. The van der Waals surface area contributed by atoms with Crippen molar-refractivity contribution in [3.63, 3.8) is 0 Å². The second-order valence-corrected chi connectivity index (χ2v) is 10.2. The fourth-order valence-corrected chi connectivity index (χ4v) is 6.06. The molecular weight excluding hydrogens is 486 g/mol. The van der Waals surface area contributed by atoms with Gasteiger partial charge in [0.1, 0.15) is 11.5 Å². The molecule has 0 saturated heterocycles. The van der Waals surface area contributed by atoms with Crippen LogP contribution < -0.4 is 9.64 Å². The Morgan fingerprint density at radius 1 is 1.11 bits per heavy atom. The highest BCUT2D eigenvalue weighted by atomic mass is 32.1. The summed E-state index contributed by atoms with van der Waals surface area (Å²) in [6, 6.07) is 10.8. The monoisotopic (exact) mass is 507 g/mol. The van der Waals surface area contributed by atoms with Gasteiger partial charge in [-0.05, 0) is 56.7 Å². The minimum absolute atomic E-state index is 0.0245. The van der Waals surface area contributed by atoms with Crippen molar-refractivity contribution in [1.29, 1.82) is 0 Å². The lowest BCUT2D eigenvalue weighted by atomic mass is 9.95. The molecular formula is C25H21N3O5S2. The molecule has 0 bridgehead atoms. The Balaban J connectivity index is 1.66. The molecule has 0 saturated carbocycles. The predicted octanol–water partition coefficient (Wildman–Crippen LogP) is 5.26. The van der Waals surface area contributed by atoms with Crippen molar-refractivity contribution in [1.82, 2.24) is 9.97 Å². The number of amides is 1. The summed E-state index contributed by atoms with van der Waals surface area (Å²) < 4.78 is 6.37. The van der Waals surface area contributed by atoms with Crippen LogP contribution >= 0.6 is 22.7 Å². The molecule has 0 aliphatic carbocycles. The van der Waals surface area contributed by atoms with E-state index in [1.807, 2.05) is 13.0 Å². The fourth-order valence-electron chi connectivity index (χ4n) is 4.16. The lowest BCUT2D eigenvalue weighted by molar-refractivity contribution is -0.117.